The van der Waals surface area contributed by atoms with E-state index in [0.29, 0.717) is 5.69 Å². The molecule has 0 bridgehead atoms. The molecule has 0 aliphatic rings. The van der Waals surface area contributed by atoms with Gasteiger partial charge in [-0.3, -0.25) is 9.97 Å². The van der Waals surface area contributed by atoms with Gasteiger partial charge in [0, 0.05) is 12.4 Å². The van der Waals surface area contributed by atoms with Crippen molar-refractivity contribution in [3.63, 3.8) is 0 Å². The van der Waals surface area contributed by atoms with Gasteiger partial charge in [0.1, 0.15) is 6.10 Å². The molecule has 1 heterocycles. The first-order chi connectivity index (χ1) is 7.83. The topological polar surface area (TPSA) is 46.0 Å². The highest BCUT2D eigenvalue weighted by Crippen LogP contribution is 2.23. The van der Waals surface area contributed by atoms with Crippen LogP contribution in [0.2, 0.25) is 0 Å². The number of hydrogen-bond acceptors (Lipinski definition) is 3. The number of hydrogen-bond donors (Lipinski definition) is 1. The van der Waals surface area contributed by atoms with E-state index in [4.69, 9.17) is 0 Å². The summed E-state index contributed by atoms with van der Waals surface area (Å²) in [7, 11) is 0. The van der Waals surface area contributed by atoms with Crippen LogP contribution in [-0.2, 0) is 6.42 Å². The molecular formula is C13H14N2O. The van der Waals surface area contributed by atoms with E-state index in [0.717, 1.165) is 17.5 Å². The lowest BCUT2D eigenvalue weighted by molar-refractivity contribution is 0.213. The van der Waals surface area contributed by atoms with Crippen molar-refractivity contribution in [2.45, 2.75) is 19.4 Å². The predicted molar refractivity (Wildman–Crippen MR) is 61.9 cm³/mol. The van der Waals surface area contributed by atoms with Crippen LogP contribution in [0.15, 0.2) is 42.9 Å². The minimum atomic E-state index is -0.690. The van der Waals surface area contributed by atoms with Gasteiger partial charge in [-0.25, -0.2) is 0 Å². The maximum atomic E-state index is 10.2. The normalized spacial score (nSPS) is 12.4. The van der Waals surface area contributed by atoms with Gasteiger partial charge in [-0.1, -0.05) is 31.2 Å². The first-order valence-corrected chi connectivity index (χ1v) is 5.34. The molecule has 82 valence electrons. The summed E-state index contributed by atoms with van der Waals surface area (Å²) in [4.78, 5) is 8.08. The molecule has 0 spiro atoms. The summed E-state index contributed by atoms with van der Waals surface area (Å²) >= 11 is 0. The van der Waals surface area contributed by atoms with Crippen molar-refractivity contribution < 1.29 is 5.11 Å². The fourth-order valence-corrected chi connectivity index (χ4v) is 1.73. The number of aryl methyl sites for hydroxylation is 1. The minimum absolute atomic E-state index is 0.586. The molecule has 0 saturated heterocycles. The van der Waals surface area contributed by atoms with Crippen molar-refractivity contribution in [3.05, 3.63) is 59.7 Å². The number of aromatic nitrogens is 2. The van der Waals surface area contributed by atoms with Crippen molar-refractivity contribution in [1.29, 1.82) is 0 Å². The van der Waals surface area contributed by atoms with E-state index in [2.05, 4.69) is 16.9 Å². The summed E-state index contributed by atoms with van der Waals surface area (Å²) in [6.07, 6.45) is 4.99. The molecule has 0 aliphatic carbocycles. The van der Waals surface area contributed by atoms with E-state index in [9.17, 15) is 5.11 Å². The first-order valence-electron chi connectivity index (χ1n) is 5.34. The zero-order valence-electron chi connectivity index (χ0n) is 9.17. The molecule has 1 aromatic carbocycles. The van der Waals surface area contributed by atoms with E-state index < -0.39 is 6.10 Å². The third-order valence-electron chi connectivity index (χ3n) is 2.59. The molecule has 2 aromatic rings. The van der Waals surface area contributed by atoms with Crippen molar-refractivity contribution in [2.75, 3.05) is 0 Å². The largest absolute Gasteiger partial charge is 0.382 e. The van der Waals surface area contributed by atoms with Gasteiger partial charge >= 0.3 is 0 Å². The van der Waals surface area contributed by atoms with E-state index in [1.165, 1.54) is 0 Å². The third kappa shape index (κ3) is 2.09. The van der Waals surface area contributed by atoms with Crippen LogP contribution in [0.5, 0.6) is 0 Å². The lowest BCUT2D eigenvalue weighted by Gasteiger charge is -2.13. The van der Waals surface area contributed by atoms with Crippen molar-refractivity contribution in [1.82, 2.24) is 9.97 Å². The summed E-state index contributed by atoms with van der Waals surface area (Å²) in [6, 6.07) is 7.85. The Morgan fingerprint density at radius 1 is 1.25 bits per heavy atom. The predicted octanol–water partition coefficient (Wildman–Crippen LogP) is 2.12. The molecule has 0 amide bonds. The highest BCUT2D eigenvalue weighted by molar-refractivity contribution is 5.32. The SMILES string of the molecule is CCc1ccccc1C(O)c1cnccn1. The molecule has 16 heavy (non-hydrogen) atoms. The van der Waals surface area contributed by atoms with Gasteiger partial charge in [-0.2, -0.15) is 0 Å². The van der Waals surface area contributed by atoms with Crippen LogP contribution >= 0.6 is 0 Å². The maximum absolute atomic E-state index is 10.2. The summed E-state index contributed by atoms with van der Waals surface area (Å²) in [5, 5.41) is 10.2. The third-order valence-corrected chi connectivity index (χ3v) is 2.59. The number of aliphatic hydroxyl groups excluding tert-OH is 1. The number of nitrogens with zero attached hydrogens (tertiary/aromatic N) is 2. The summed E-state index contributed by atoms with van der Waals surface area (Å²) in [6.45, 7) is 2.07. The fraction of sp³-hybridized carbons (Fsp3) is 0.231. The molecule has 1 unspecified atom stereocenters. The highest BCUT2D eigenvalue weighted by Gasteiger charge is 2.14. The van der Waals surface area contributed by atoms with Crippen LogP contribution in [-0.4, -0.2) is 15.1 Å². The molecular weight excluding hydrogens is 200 g/mol. The second-order valence-corrected chi connectivity index (χ2v) is 3.59. The van der Waals surface area contributed by atoms with Gasteiger partial charge < -0.3 is 5.11 Å². The molecule has 0 fully saturated rings. The summed E-state index contributed by atoms with van der Waals surface area (Å²) in [5.41, 5.74) is 2.63. The zero-order valence-corrected chi connectivity index (χ0v) is 9.17. The Morgan fingerprint density at radius 3 is 2.75 bits per heavy atom. The van der Waals surface area contributed by atoms with E-state index in [1.54, 1.807) is 18.6 Å². The molecule has 0 aliphatic heterocycles. The van der Waals surface area contributed by atoms with Crippen LogP contribution in [0.1, 0.15) is 29.8 Å². The molecule has 3 heteroatoms. The van der Waals surface area contributed by atoms with E-state index in [1.807, 2.05) is 24.3 Å². The Hall–Kier alpha value is -1.74. The lowest BCUT2D eigenvalue weighted by atomic mass is 9.99. The Morgan fingerprint density at radius 2 is 2.06 bits per heavy atom. The lowest BCUT2D eigenvalue weighted by Crippen LogP contribution is -2.05. The highest BCUT2D eigenvalue weighted by atomic mass is 16.3. The van der Waals surface area contributed by atoms with Crippen LogP contribution < -0.4 is 0 Å². The number of rotatable bonds is 3. The fourth-order valence-electron chi connectivity index (χ4n) is 1.73. The monoisotopic (exact) mass is 214 g/mol. The van der Waals surface area contributed by atoms with Crippen LogP contribution in [0.4, 0.5) is 0 Å². The summed E-state index contributed by atoms with van der Waals surface area (Å²) in [5.74, 6) is 0. The van der Waals surface area contributed by atoms with Gasteiger partial charge in [0.2, 0.25) is 0 Å². The molecule has 1 aromatic heterocycles. The zero-order chi connectivity index (χ0) is 11.4. The average molecular weight is 214 g/mol. The first kappa shape index (κ1) is 10.8. The molecule has 1 atom stereocenters. The number of aliphatic hydroxyl groups is 1. The van der Waals surface area contributed by atoms with Gasteiger partial charge in [0.15, 0.2) is 0 Å². The van der Waals surface area contributed by atoms with Crippen molar-refractivity contribution in [3.8, 4) is 0 Å². The Bertz CT molecular complexity index is 456. The second kappa shape index (κ2) is 4.86. The smallest absolute Gasteiger partial charge is 0.123 e. The molecule has 0 saturated carbocycles. The molecule has 1 N–H and O–H groups in total. The number of benzene rings is 1. The van der Waals surface area contributed by atoms with E-state index >= 15 is 0 Å². The molecule has 3 nitrogen and oxygen atoms in total. The van der Waals surface area contributed by atoms with Crippen molar-refractivity contribution >= 4 is 0 Å². The van der Waals surface area contributed by atoms with E-state index in [-0.39, 0.29) is 0 Å². The van der Waals surface area contributed by atoms with Gasteiger partial charge in [-0.15, -0.1) is 0 Å². The maximum Gasteiger partial charge on any atom is 0.123 e. The van der Waals surface area contributed by atoms with Crippen molar-refractivity contribution in [2.24, 2.45) is 0 Å². The minimum Gasteiger partial charge on any atom is -0.382 e. The molecule has 2 rings (SSSR count). The summed E-state index contributed by atoms with van der Waals surface area (Å²) < 4.78 is 0. The Kier molecular flexibility index (Phi) is 3.27. The van der Waals surface area contributed by atoms with Gasteiger partial charge in [0.25, 0.3) is 0 Å². The Balaban J connectivity index is 2.37. The van der Waals surface area contributed by atoms with Crippen LogP contribution in [0.3, 0.4) is 0 Å². The Labute approximate surface area is 94.8 Å². The van der Waals surface area contributed by atoms with Crippen LogP contribution in [0.25, 0.3) is 0 Å². The average Bonchev–Trinajstić information content (AvgIpc) is 2.39. The standard InChI is InChI=1S/C13H14N2O/c1-2-10-5-3-4-6-11(10)13(16)12-9-14-7-8-15-12/h3-9,13,16H,2H2,1H3. The van der Waals surface area contributed by atoms with Gasteiger partial charge in [-0.05, 0) is 17.5 Å². The molecule has 0 radical (unpaired) electrons. The quantitative estimate of drug-likeness (QED) is 0.851. The van der Waals surface area contributed by atoms with Gasteiger partial charge in [0.05, 0.1) is 11.9 Å². The van der Waals surface area contributed by atoms with Crippen LogP contribution in [0, 0.1) is 0 Å². The second-order valence-electron chi connectivity index (χ2n) is 3.59.